The smallest absolute Gasteiger partial charge is 0.0484 e. The zero-order chi connectivity index (χ0) is 13.0. The third kappa shape index (κ3) is 3.94. The molecule has 2 fully saturated rings. The molecule has 0 aromatic rings. The summed E-state index contributed by atoms with van der Waals surface area (Å²) < 4.78 is 5.43. The molecule has 2 aliphatic heterocycles. The fraction of sp³-hybridized carbons (Fsp3) is 1.00. The second-order valence-corrected chi connectivity index (χ2v) is 6.69. The van der Waals surface area contributed by atoms with Crippen molar-refractivity contribution in [1.29, 1.82) is 0 Å². The topological polar surface area (TPSA) is 38.5 Å². The van der Waals surface area contributed by atoms with Crippen molar-refractivity contribution >= 4 is 0 Å². The van der Waals surface area contributed by atoms with E-state index >= 15 is 0 Å². The van der Waals surface area contributed by atoms with Gasteiger partial charge in [0.05, 0.1) is 0 Å². The first-order valence-electron chi connectivity index (χ1n) is 7.68. The van der Waals surface area contributed by atoms with Crippen molar-refractivity contribution in [2.75, 3.05) is 32.8 Å². The summed E-state index contributed by atoms with van der Waals surface area (Å²) in [6.07, 6.45) is 6.14. The van der Waals surface area contributed by atoms with Crippen LogP contribution in [0.25, 0.3) is 0 Å². The molecule has 1 atom stereocenters. The van der Waals surface area contributed by atoms with Gasteiger partial charge in [0, 0.05) is 25.3 Å². The first-order chi connectivity index (χ1) is 8.59. The van der Waals surface area contributed by atoms with E-state index in [1.807, 2.05) is 0 Å². The van der Waals surface area contributed by atoms with Crippen LogP contribution < -0.4 is 5.73 Å². The van der Waals surface area contributed by atoms with E-state index < -0.39 is 0 Å². The lowest BCUT2D eigenvalue weighted by Crippen LogP contribution is -2.53. The molecule has 0 aliphatic carbocycles. The molecule has 0 saturated carbocycles. The summed E-state index contributed by atoms with van der Waals surface area (Å²) in [6.45, 7) is 9.97. The predicted octanol–water partition coefficient (Wildman–Crippen LogP) is 2.25. The number of nitrogens with two attached hydrogens (primary N) is 1. The number of hydrogen-bond acceptors (Lipinski definition) is 3. The largest absolute Gasteiger partial charge is 0.381 e. The minimum absolute atomic E-state index is 0.00984. The Morgan fingerprint density at radius 3 is 2.61 bits per heavy atom. The van der Waals surface area contributed by atoms with Crippen LogP contribution in [0.5, 0.6) is 0 Å². The van der Waals surface area contributed by atoms with Gasteiger partial charge < -0.3 is 15.4 Å². The van der Waals surface area contributed by atoms with E-state index in [1.165, 1.54) is 32.4 Å². The summed E-state index contributed by atoms with van der Waals surface area (Å²) >= 11 is 0. The Balaban J connectivity index is 1.82. The lowest BCUT2D eigenvalue weighted by molar-refractivity contribution is 0.0379. The summed E-state index contributed by atoms with van der Waals surface area (Å²) in [6, 6.07) is 0. The van der Waals surface area contributed by atoms with Crippen molar-refractivity contribution in [3.05, 3.63) is 0 Å². The number of hydrogen-bond donors (Lipinski definition) is 1. The molecule has 2 aliphatic rings. The van der Waals surface area contributed by atoms with Crippen LogP contribution in [-0.2, 0) is 4.74 Å². The van der Waals surface area contributed by atoms with Crippen LogP contribution in [0.1, 0.15) is 46.0 Å². The molecule has 0 aromatic carbocycles. The van der Waals surface area contributed by atoms with E-state index in [1.54, 1.807) is 0 Å². The summed E-state index contributed by atoms with van der Waals surface area (Å²) in [7, 11) is 0. The van der Waals surface area contributed by atoms with Crippen LogP contribution in [0.2, 0.25) is 0 Å². The van der Waals surface area contributed by atoms with Crippen LogP contribution in [0, 0.1) is 11.8 Å². The van der Waals surface area contributed by atoms with Gasteiger partial charge in [0.1, 0.15) is 0 Å². The summed E-state index contributed by atoms with van der Waals surface area (Å²) in [5, 5.41) is 0. The van der Waals surface area contributed by atoms with Crippen molar-refractivity contribution in [2.45, 2.75) is 51.5 Å². The van der Waals surface area contributed by atoms with Gasteiger partial charge >= 0.3 is 0 Å². The second kappa shape index (κ2) is 6.36. The van der Waals surface area contributed by atoms with Crippen LogP contribution in [-0.4, -0.2) is 43.3 Å². The van der Waals surface area contributed by atoms with Gasteiger partial charge in [-0.1, -0.05) is 13.8 Å². The Labute approximate surface area is 112 Å². The van der Waals surface area contributed by atoms with E-state index in [9.17, 15) is 0 Å². The van der Waals surface area contributed by atoms with Crippen LogP contribution in [0.15, 0.2) is 0 Å². The minimum atomic E-state index is 0.00984. The molecule has 0 amide bonds. The maximum absolute atomic E-state index is 6.51. The molecule has 2 N–H and O–H groups in total. The molecule has 2 rings (SSSR count). The molecule has 2 heterocycles. The van der Waals surface area contributed by atoms with E-state index in [-0.39, 0.29) is 5.54 Å². The van der Waals surface area contributed by atoms with Crippen LogP contribution >= 0.6 is 0 Å². The van der Waals surface area contributed by atoms with E-state index in [4.69, 9.17) is 10.5 Å². The number of ether oxygens (including phenoxy) is 1. The highest BCUT2D eigenvalue weighted by Gasteiger charge is 2.31. The van der Waals surface area contributed by atoms with Crippen LogP contribution in [0.4, 0.5) is 0 Å². The second-order valence-electron chi connectivity index (χ2n) is 6.69. The average Bonchev–Trinajstić information content (AvgIpc) is 2.55. The van der Waals surface area contributed by atoms with Gasteiger partial charge in [0.2, 0.25) is 0 Å². The molecule has 0 bridgehead atoms. The lowest BCUT2D eigenvalue weighted by atomic mass is 9.89. The van der Waals surface area contributed by atoms with Crippen molar-refractivity contribution in [2.24, 2.45) is 17.6 Å². The Morgan fingerprint density at radius 1 is 1.22 bits per heavy atom. The maximum Gasteiger partial charge on any atom is 0.0484 e. The summed E-state index contributed by atoms with van der Waals surface area (Å²) in [4.78, 5) is 2.60. The van der Waals surface area contributed by atoms with Gasteiger partial charge in [-0.3, -0.25) is 0 Å². The molecule has 3 heteroatoms. The van der Waals surface area contributed by atoms with E-state index in [0.717, 1.165) is 44.4 Å². The zero-order valence-corrected chi connectivity index (χ0v) is 12.2. The van der Waals surface area contributed by atoms with Crippen molar-refractivity contribution in [3.8, 4) is 0 Å². The third-order valence-electron chi connectivity index (χ3n) is 4.84. The Morgan fingerprint density at radius 2 is 1.94 bits per heavy atom. The molecular weight excluding hydrogens is 224 g/mol. The fourth-order valence-electron chi connectivity index (χ4n) is 3.39. The Bertz CT molecular complexity index is 249. The lowest BCUT2D eigenvalue weighted by Gasteiger charge is -2.37. The quantitative estimate of drug-likeness (QED) is 0.839. The Kier molecular flexibility index (Phi) is 5.05. The average molecular weight is 254 g/mol. The standard InChI is InChI=1S/C15H30N2O/c1-13(2)14-4-3-8-17(9-5-14)12-15(16)6-10-18-11-7-15/h13-14H,3-12,16H2,1-2H3. The molecule has 0 aromatic heterocycles. The van der Waals surface area contributed by atoms with Crippen molar-refractivity contribution < 1.29 is 4.74 Å². The molecule has 0 spiro atoms. The van der Waals surface area contributed by atoms with Gasteiger partial charge in [-0.2, -0.15) is 0 Å². The molecule has 3 nitrogen and oxygen atoms in total. The van der Waals surface area contributed by atoms with Gasteiger partial charge in [0.25, 0.3) is 0 Å². The zero-order valence-electron chi connectivity index (χ0n) is 12.2. The monoisotopic (exact) mass is 254 g/mol. The Hall–Kier alpha value is -0.120. The third-order valence-corrected chi connectivity index (χ3v) is 4.84. The van der Waals surface area contributed by atoms with Gasteiger partial charge in [0.15, 0.2) is 0 Å². The fourth-order valence-corrected chi connectivity index (χ4v) is 3.39. The summed E-state index contributed by atoms with van der Waals surface area (Å²) in [5.74, 6) is 1.75. The molecule has 18 heavy (non-hydrogen) atoms. The predicted molar refractivity (Wildman–Crippen MR) is 75.6 cm³/mol. The summed E-state index contributed by atoms with van der Waals surface area (Å²) in [5.41, 5.74) is 6.52. The van der Waals surface area contributed by atoms with Gasteiger partial charge in [-0.15, -0.1) is 0 Å². The molecule has 2 saturated heterocycles. The molecule has 1 unspecified atom stereocenters. The molecule has 106 valence electrons. The van der Waals surface area contributed by atoms with E-state index in [2.05, 4.69) is 18.7 Å². The normalized spacial score (nSPS) is 30.3. The molecular formula is C15H30N2O. The highest BCUT2D eigenvalue weighted by molar-refractivity contribution is 4.90. The number of nitrogens with zero attached hydrogens (tertiary/aromatic N) is 1. The highest BCUT2D eigenvalue weighted by atomic mass is 16.5. The van der Waals surface area contributed by atoms with Gasteiger partial charge in [-0.25, -0.2) is 0 Å². The van der Waals surface area contributed by atoms with Crippen molar-refractivity contribution in [3.63, 3.8) is 0 Å². The first kappa shape index (κ1) is 14.3. The minimum Gasteiger partial charge on any atom is -0.381 e. The van der Waals surface area contributed by atoms with E-state index in [0.29, 0.717) is 0 Å². The first-order valence-corrected chi connectivity index (χ1v) is 7.68. The number of likely N-dealkylation sites (tertiary alicyclic amines) is 1. The maximum atomic E-state index is 6.51. The van der Waals surface area contributed by atoms with Crippen LogP contribution in [0.3, 0.4) is 0 Å². The van der Waals surface area contributed by atoms with Gasteiger partial charge in [-0.05, 0) is 57.0 Å². The van der Waals surface area contributed by atoms with Crippen molar-refractivity contribution in [1.82, 2.24) is 4.90 Å². The molecule has 0 radical (unpaired) electrons. The highest BCUT2D eigenvalue weighted by Crippen LogP contribution is 2.26. The SMILES string of the molecule is CC(C)C1CCCN(CC2(N)CCOCC2)CC1. The number of rotatable bonds is 3.